The van der Waals surface area contributed by atoms with Crippen molar-refractivity contribution >= 4 is 12.0 Å². The van der Waals surface area contributed by atoms with Gasteiger partial charge >= 0.3 is 6.09 Å². The van der Waals surface area contributed by atoms with Crippen LogP contribution in [0.4, 0.5) is 4.79 Å². The minimum absolute atomic E-state index is 0.0368. The van der Waals surface area contributed by atoms with Crippen molar-refractivity contribution in [2.45, 2.75) is 52.7 Å². The fraction of sp³-hybridized carbons (Fsp3) is 0.846. The fourth-order valence-corrected chi connectivity index (χ4v) is 1.96. The number of carbonyl (C=O) groups excluding carboxylic acids is 2. The van der Waals surface area contributed by atoms with E-state index >= 15 is 0 Å². The summed E-state index contributed by atoms with van der Waals surface area (Å²) in [7, 11) is 0. The molecule has 1 aliphatic rings. The van der Waals surface area contributed by atoms with Crippen molar-refractivity contribution in [2.24, 2.45) is 5.92 Å². The number of nitrogens with one attached hydrogen (secondary N) is 1. The van der Waals surface area contributed by atoms with E-state index in [0.717, 1.165) is 19.5 Å². The van der Waals surface area contributed by atoms with Crippen LogP contribution in [0, 0.1) is 5.92 Å². The summed E-state index contributed by atoms with van der Waals surface area (Å²) in [5, 5.41) is 2.58. The summed E-state index contributed by atoms with van der Waals surface area (Å²) in [6.45, 7) is 10.7. The van der Waals surface area contributed by atoms with Crippen molar-refractivity contribution in [2.75, 3.05) is 13.1 Å². The van der Waals surface area contributed by atoms with E-state index in [9.17, 15) is 9.59 Å². The third-order valence-corrected chi connectivity index (χ3v) is 2.84. The van der Waals surface area contributed by atoms with Gasteiger partial charge in [0.25, 0.3) is 0 Å². The Kier molecular flexibility index (Phi) is 4.59. The number of hydrogen-bond acceptors (Lipinski definition) is 3. The first-order valence-corrected chi connectivity index (χ1v) is 6.47. The molecule has 0 bridgehead atoms. The van der Waals surface area contributed by atoms with Crippen molar-refractivity contribution in [1.82, 2.24) is 10.2 Å². The Balaban J connectivity index is 2.43. The van der Waals surface area contributed by atoms with E-state index in [0.29, 0.717) is 5.92 Å². The molecule has 1 heterocycles. The van der Waals surface area contributed by atoms with Crippen molar-refractivity contribution in [3.05, 3.63) is 0 Å². The van der Waals surface area contributed by atoms with Gasteiger partial charge in [-0.1, -0.05) is 6.92 Å². The highest BCUT2D eigenvalue weighted by atomic mass is 16.6. The second-order valence-corrected chi connectivity index (χ2v) is 6.05. The van der Waals surface area contributed by atoms with Gasteiger partial charge in [0.15, 0.2) is 0 Å². The number of likely N-dealkylation sites (tertiary alicyclic amines) is 1. The van der Waals surface area contributed by atoms with Crippen LogP contribution in [0.5, 0.6) is 0 Å². The Morgan fingerprint density at radius 3 is 2.44 bits per heavy atom. The van der Waals surface area contributed by atoms with Crippen LogP contribution in [0.15, 0.2) is 0 Å². The molecule has 0 aromatic carbocycles. The summed E-state index contributed by atoms with van der Waals surface area (Å²) in [5.74, 6) is 0.507. The lowest BCUT2D eigenvalue weighted by Gasteiger charge is -2.24. The van der Waals surface area contributed by atoms with Gasteiger partial charge in [0.1, 0.15) is 11.6 Å². The van der Waals surface area contributed by atoms with Crippen LogP contribution in [0.3, 0.4) is 0 Å². The zero-order chi connectivity index (χ0) is 13.9. The maximum Gasteiger partial charge on any atom is 0.408 e. The molecule has 2 atom stereocenters. The first kappa shape index (κ1) is 14.8. The predicted octanol–water partition coefficient (Wildman–Crippen LogP) is 1.77. The Morgan fingerprint density at radius 2 is 2.00 bits per heavy atom. The summed E-state index contributed by atoms with van der Waals surface area (Å²) < 4.78 is 5.12. The topological polar surface area (TPSA) is 58.6 Å². The molecule has 1 aliphatic heterocycles. The second kappa shape index (κ2) is 5.59. The normalized spacial score (nSPS) is 21.6. The molecule has 1 saturated heterocycles. The van der Waals surface area contributed by atoms with Crippen LogP contribution < -0.4 is 5.32 Å². The summed E-state index contributed by atoms with van der Waals surface area (Å²) >= 11 is 0. The third-order valence-electron chi connectivity index (χ3n) is 2.84. The fourth-order valence-electron chi connectivity index (χ4n) is 1.96. The van der Waals surface area contributed by atoms with Gasteiger partial charge in [0.05, 0.1) is 0 Å². The lowest BCUT2D eigenvalue weighted by Crippen LogP contribution is -2.47. The van der Waals surface area contributed by atoms with Crippen molar-refractivity contribution in [1.29, 1.82) is 0 Å². The molecule has 0 radical (unpaired) electrons. The molecular weight excluding hydrogens is 232 g/mol. The maximum atomic E-state index is 12.0. The summed E-state index contributed by atoms with van der Waals surface area (Å²) in [6.07, 6.45) is 0.487. The summed E-state index contributed by atoms with van der Waals surface area (Å²) in [6, 6.07) is -0.537. The van der Waals surface area contributed by atoms with Crippen LogP contribution in [0.1, 0.15) is 41.0 Å². The third kappa shape index (κ3) is 4.55. The highest BCUT2D eigenvalue weighted by Gasteiger charge is 2.28. The molecule has 1 rings (SSSR count). The molecule has 1 N–H and O–H groups in total. The first-order chi connectivity index (χ1) is 8.19. The molecule has 5 nitrogen and oxygen atoms in total. The molecule has 104 valence electrons. The Hall–Kier alpha value is -1.26. The number of carbonyl (C=O) groups is 2. The van der Waals surface area contributed by atoms with Gasteiger partial charge < -0.3 is 15.0 Å². The average molecular weight is 256 g/mol. The standard InChI is InChI=1S/C13H24N2O3/c1-9-6-7-15(8-9)11(16)10(2)14-12(17)18-13(3,4)5/h9-10H,6-8H2,1-5H3,(H,14,17)/t9-,10-/m1/s1. The number of alkyl carbamates (subject to hydrolysis) is 1. The Morgan fingerprint density at radius 1 is 1.39 bits per heavy atom. The van der Waals surface area contributed by atoms with Gasteiger partial charge in [0.2, 0.25) is 5.91 Å². The highest BCUT2D eigenvalue weighted by molar-refractivity contribution is 5.85. The molecule has 5 heteroatoms. The van der Waals surface area contributed by atoms with Gasteiger partial charge in [-0.25, -0.2) is 4.79 Å². The van der Waals surface area contributed by atoms with Crippen LogP contribution >= 0.6 is 0 Å². The molecule has 0 aromatic heterocycles. The number of hydrogen-bond donors (Lipinski definition) is 1. The molecular formula is C13H24N2O3. The number of nitrogens with zero attached hydrogens (tertiary/aromatic N) is 1. The summed E-state index contributed by atoms with van der Waals surface area (Å²) in [4.78, 5) is 25.4. The molecule has 18 heavy (non-hydrogen) atoms. The predicted molar refractivity (Wildman–Crippen MR) is 69.2 cm³/mol. The van der Waals surface area contributed by atoms with Crippen molar-refractivity contribution < 1.29 is 14.3 Å². The molecule has 0 aliphatic carbocycles. The minimum Gasteiger partial charge on any atom is -0.444 e. The maximum absolute atomic E-state index is 12.0. The zero-order valence-corrected chi connectivity index (χ0v) is 11.9. The van der Waals surface area contributed by atoms with E-state index in [1.807, 2.05) is 0 Å². The van der Waals surface area contributed by atoms with E-state index in [1.54, 1.807) is 32.6 Å². The van der Waals surface area contributed by atoms with Gasteiger partial charge in [-0.2, -0.15) is 0 Å². The largest absolute Gasteiger partial charge is 0.444 e. The van der Waals surface area contributed by atoms with Crippen LogP contribution in [0.2, 0.25) is 0 Å². The highest BCUT2D eigenvalue weighted by Crippen LogP contribution is 2.16. The first-order valence-electron chi connectivity index (χ1n) is 6.47. The molecule has 1 fully saturated rings. The Labute approximate surface area is 109 Å². The average Bonchev–Trinajstić information content (AvgIpc) is 2.60. The lowest BCUT2D eigenvalue weighted by molar-refractivity contribution is -0.132. The van der Waals surface area contributed by atoms with E-state index in [4.69, 9.17) is 4.74 Å². The smallest absolute Gasteiger partial charge is 0.408 e. The van der Waals surface area contributed by atoms with Crippen molar-refractivity contribution in [3.63, 3.8) is 0 Å². The quantitative estimate of drug-likeness (QED) is 0.819. The van der Waals surface area contributed by atoms with Gasteiger partial charge in [-0.05, 0) is 40.0 Å². The monoisotopic (exact) mass is 256 g/mol. The number of ether oxygens (including phenoxy) is 1. The Bertz CT molecular complexity index is 323. The molecule has 0 aromatic rings. The van der Waals surface area contributed by atoms with E-state index in [2.05, 4.69) is 12.2 Å². The van der Waals surface area contributed by atoms with Gasteiger partial charge in [-0.3, -0.25) is 4.79 Å². The number of amides is 2. The zero-order valence-electron chi connectivity index (χ0n) is 11.9. The SMILES string of the molecule is C[C@@H]1CCN(C(=O)[C@@H](C)NC(=O)OC(C)(C)C)C1. The van der Waals surface area contributed by atoms with Gasteiger partial charge in [0, 0.05) is 13.1 Å². The van der Waals surface area contributed by atoms with E-state index in [1.165, 1.54) is 0 Å². The molecule has 0 unspecified atom stereocenters. The van der Waals surface area contributed by atoms with Crippen molar-refractivity contribution in [3.8, 4) is 0 Å². The lowest BCUT2D eigenvalue weighted by atomic mass is 10.2. The van der Waals surface area contributed by atoms with Gasteiger partial charge in [-0.15, -0.1) is 0 Å². The molecule has 2 amide bonds. The minimum atomic E-state index is -0.547. The van der Waals surface area contributed by atoms with Crippen LogP contribution in [0.25, 0.3) is 0 Å². The molecule has 0 spiro atoms. The van der Waals surface area contributed by atoms with E-state index < -0.39 is 17.7 Å². The van der Waals surface area contributed by atoms with Crippen LogP contribution in [-0.2, 0) is 9.53 Å². The van der Waals surface area contributed by atoms with E-state index in [-0.39, 0.29) is 5.91 Å². The second-order valence-electron chi connectivity index (χ2n) is 6.05. The summed E-state index contributed by atoms with van der Waals surface area (Å²) in [5.41, 5.74) is -0.547. The number of rotatable bonds is 2. The molecule has 0 saturated carbocycles. The van der Waals surface area contributed by atoms with Crippen LogP contribution in [-0.4, -0.2) is 41.6 Å².